The molecular formula is C13H26N2O3. The van der Waals surface area contributed by atoms with Crippen LogP contribution in [0.25, 0.3) is 0 Å². The zero-order chi connectivity index (χ0) is 13.5. The molecule has 1 amide bonds. The van der Waals surface area contributed by atoms with Crippen molar-refractivity contribution in [3.05, 3.63) is 0 Å². The molecule has 1 saturated heterocycles. The van der Waals surface area contributed by atoms with Gasteiger partial charge in [-0.25, -0.2) is 0 Å². The van der Waals surface area contributed by atoms with E-state index in [9.17, 15) is 4.79 Å². The van der Waals surface area contributed by atoms with Gasteiger partial charge in [-0.1, -0.05) is 20.8 Å². The van der Waals surface area contributed by atoms with Gasteiger partial charge in [-0.3, -0.25) is 4.79 Å². The maximum absolute atomic E-state index is 12.2. The lowest BCUT2D eigenvalue weighted by Crippen LogP contribution is -2.48. The Hall–Kier alpha value is -0.650. The van der Waals surface area contributed by atoms with Gasteiger partial charge in [0.25, 0.3) is 0 Å². The maximum atomic E-state index is 12.2. The maximum Gasteiger partial charge on any atom is 0.227 e. The fraction of sp³-hybridized carbons (Fsp3) is 0.923. The molecule has 0 aromatic heterocycles. The number of ether oxygens (including phenoxy) is 1. The monoisotopic (exact) mass is 258 g/mol. The summed E-state index contributed by atoms with van der Waals surface area (Å²) in [5.74, 6) is 0.233. The molecule has 3 N–H and O–H groups in total. The van der Waals surface area contributed by atoms with Gasteiger partial charge in [-0.05, 0) is 18.9 Å². The van der Waals surface area contributed by atoms with Crippen molar-refractivity contribution in [3.63, 3.8) is 0 Å². The number of rotatable bonds is 7. The smallest absolute Gasteiger partial charge is 0.227 e. The fourth-order valence-electron chi connectivity index (χ4n) is 2.28. The van der Waals surface area contributed by atoms with Crippen molar-refractivity contribution in [2.75, 3.05) is 26.4 Å². The summed E-state index contributed by atoms with van der Waals surface area (Å²) in [7, 11) is 0. The molecule has 106 valence electrons. The summed E-state index contributed by atoms with van der Waals surface area (Å²) in [6.45, 7) is 8.13. The lowest BCUT2D eigenvalue weighted by Gasteiger charge is -2.25. The first kappa shape index (κ1) is 15.4. The van der Waals surface area contributed by atoms with Crippen molar-refractivity contribution in [1.29, 1.82) is 0 Å². The summed E-state index contributed by atoms with van der Waals surface area (Å²) >= 11 is 0. The second-order valence-corrected chi connectivity index (χ2v) is 5.18. The molecule has 1 fully saturated rings. The topological polar surface area (TPSA) is 70.6 Å². The summed E-state index contributed by atoms with van der Waals surface area (Å²) < 4.78 is 5.37. The molecule has 0 spiro atoms. The molecule has 0 radical (unpaired) electrons. The van der Waals surface area contributed by atoms with Gasteiger partial charge in [0.05, 0.1) is 19.1 Å². The lowest BCUT2D eigenvalue weighted by atomic mass is 9.98. The second-order valence-electron chi connectivity index (χ2n) is 5.18. The Labute approximate surface area is 109 Å². The quantitative estimate of drug-likeness (QED) is 0.607. The summed E-state index contributed by atoms with van der Waals surface area (Å²) in [5.41, 5.74) is 0. The van der Waals surface area contributed by atoms with Crippen LogP contribution in [0.1, 0.15) is 27.2 Å². The van der Waals surface area contributed by atoms with Crippen LogP contribution in [-0.4, -0.2) is 49.5 Å². The highest BCUT2D eigenvalue weighted by atomic mass is 16.5. The Balaban J connectivity index is 2.52. The van der Waals surface area contributed by atoms with E-state index in [4.69, 9.17) is 9.84 Å². The van der Waals surface area contributed by atoms with Crippen LogP contribution in [-0.2, 0) is 9.53 Å². The molecule has 1 aliphatic rings. The van der Waals surface area contributed by atoms with E-state index in [0.29, 0.717) is 25.6 Å². The van der Waals surface area contributed by atoms with Crippen LogP contribution in [0, 0.1) is 11.8 Å². The molecule has 1 heterocycles. The number of carbonyl (C=O) groups is 1. The normalized spacial score (nSPS) is 25.4. The summed E-state index contributed by atoms with van der Waals surface area (Å²) in [5, 5.41) is 15.3. The standard InChI is InChI=1S/C13H26N2O3/c1-4-14-12-8-18-7-10(12)13(17)15-11(5-6-16)9(2)3/h9-12,14,16H,4-8H2,1-3H3,(H,15,17). The summed E-state index contributed by atoms with van der Waals surface area (Å²) in [6, 6.07) is 0.141. The van der Waals surface area contributed by atoms with Crippen LogP contribution in [0.4, 0.5) is 0 Å². The number of hydrogen-bond donors (Lipinski definition) is 3. The van der Waals surface area contributed by atoms with E-state index in [-0.39, 0.29) is 30.5 Å². The van der Waals surface area contributed by atoms with Crippen molar-refractivity contribution in [2.45, 2.75) is 39.3 Å². The van der Waals surface area contributed by atoms with E-state index in [1.165, 1.54) is 0 Å². The van der Waals surface area contributed by atoms with Crippen molar-refractivity contribution >= 4 is 5.91 Å². The number of aliphatic hydroxyl groups excluding tert-OH is 1. The first-order valence-electron chi connectivity index (χ1n) is 6.82. The fourth-order valence-corrected chi connectivity index (χ4v) is 2.28. The van der Waals surface area contributed by atoms with Crippen molar-refractivity contribution in [3.8, 4) is 0 Å². The van der Waals surface area contributed by atoms with Crippen molar-refractivity contribution < 1.29 is 14.6 Å². The van der Waals surface area contributed by atoms with E-state index in [1.54, 1.807) is 0 Å². The van der Waals surface area contributed by atoms with Crippen LogP contribution in [0.5, 0.6) is 0 Å². The average Bonchev–Trinajstić information content (AvgIpc) is 2.77. The molecule has 0 saturated carbocycles. The van der Waals surface area contributed by atoms with Crippen LogP contribution < -0.4 is 10.6 Å². The Morgan fingerprint density at radius 2 is 2.17 bits per heavy atom. The average molecular weight is 258 g/mol. The molecule has 0 bridgehead atoms. The van der Waals surface area contributed by atoms with Gasteiger partial charge in [0.1, 0.15) is 0 Å². The molecule has 1 rings (SSSR count). The molecule has 5 nitrogen and oxygen atoms in total. The van der Waals surface area contributed by atoms with Crippen LogP contribution >= 0.6 is 0 Å². The number of amides is 1. The van der Waals surface area contributed by atoms with E-state index < -0.39 is 0 Å². The van der Waals surface area contributed by atoms with E-state index >= 15 is 0 Å². The predicted molar refractivity (Wildman–Crippen MR) is 70.2 cm³/mol. The third kappa shape index (κ3) is 4.23. The molecule has 0 aromatic rings. The molecule has 3 atom stereocenters. The van der Waals surface area contributed by atoms with Gasteiger partial charge in [0.2, 0.25) is 5.91 Å². The van der Waals surface area contributed by atoms with Crippen LogP contribution in [0.15, 0.2) is 0 Å². The molecular weight excluding hydrogens is 232 g/mol. The first-order valence-corrected chi connectivity index (χ1v) is 6.82. The molecule has 1 aliphatic heterocycles. The van der Waals surface area contributed by atoms with Gasteiger partial charge in [0, 0.05) is 18.7 Å². The molecule has 0 aromatic carbocycles. The van der Waals surface area contributed by atoms with Gasteiger partial charge >= 0.3 is 0 Å². The molecule has 18 heavy (non-hydrogen) atoms. The summed E-state index contributed by atoms with van der Waals surface area (Å²) in [6.07, 6.45) is 0.600. The van der Waals surface area contributed by atoms with Crippen LogP contribution in [0.2, 0.25) is 0 Å². The number of carbonyl (C=O) groups excluding carboxylic acids is 1. The second kappa shape index (κ2) is 7.71. The van der Waals surface area contributed by atoms with Gasteiger partial charge in [0.15, 0.2) is 0 Å². The molecule has 0 aliphatic carbocycles. The Kier molecular flexibility index (Phi) is 6.60. The minimum atomic E-state index is -0.120. The van der Waals surface area contributed by atoms with E-state index in [1.807, 2.05) is 20.8 Å². The minimum absolute atomic E-state index is 0.0328. The third-order valence-electron chi connectivity index (χ3n) is 3.46. The van der Waals surface area contributed by atoms with Crippen molar-refractivity contribution in [1.82, 2.24) is 10.6 Å². The number of hydrogen-bond acceptors (Lipinski definition) is 4. The zero-order valence-corrected chi connectivity index (χ0v) is 11.6. The third-order valence-corrected chi connectivity index (χ3v) is 3.46. The predicted octanol–water partition coefficient (Wildman–Crippen LogP) is 0.134. The number of likely N-dealkylation sites (N-methyl/N-ethyl adjacent to an activating group) is 1. The highest BCUT2D eigenvalue weighted by Crippen LogP contribution is 2.15. The van der Waals surface area contributed by atoms with E-state index in [0.717, 1.165) is 6.54 Å². The Bertz CT molecular complexity index is 259. The SMILES string of the molecule is CCNC1COCC1C(=O)NC(CCO)C(C)C. The van der Waals surface area contributed by atoms with Gasteiger partial charge in [-0.15, -0.1) is 0 Å². The highest BCUT2D eigenvalue weighted by molar-refractivity contribution is 5.80. The highest BCUT2D eigenvalue weighted by Gasteiger charge is 2.34. The van der Waals surface area contributed by atoms with Crippen LogP contribution in [0.3, 0.4) is 0 Å². The Morgan fingerprint density at radius 1 is 1.44 bits per heavy atom. The van der Waals surface area contributed by atoms with Gasteiger partial charge in [-0.2, -0.15) is 0 Å². The largest absolute Gasteiger partial charge is 0.396 e. The number of aliphatic hydroxyl groups is 1. The molecule has 3 unspecified atom stereocenters. The zero-order valence-electron chi connectivity index (χ0n) is 11.6. The number of nitrogens with one attached hydrogen (secondary N) is 2. The van der Waals surface area contributed by atoms with Gasteiger partial charge < -0.3 is 20.5 Å². The summed E-state index contributed by atoms with van der Waals surface area (Å²) in [4.78, 5) is 12.2. The Morgan fingerprint density at radius 3 is 2.72 bits per heavy atom. The molecule has 5 heteroatoms. The van der Waals surface area contributed by atoms with Crippen molar-refractivity contribution in [2.24, 2.45) is 11.8 Å². The van der Waals surface area contributed by atoms with E-state index in [2.05, 4.69) is 10.6 Å². The minimum Gasteiger partial charge on any atom is -0.396 e. The lowest BCUT2D eigenvalue weighted by molar-refractivity contribution is -0.126. The first-order chi connectivity index (χ1) is 8.60.